The molecule has 0 aliphatic carbocycles. The molecule has 0 saturated carbocycles. The summed E-state index contributed by atoms with van der Waals surface area (Å²) >= 11 is 0. The van der Waals surface area contributed by atoms with Gasteiger partial charge < -0.3 is 19.7 Å². The third-order valence-corrected chi connectivity index (χ3v) is 5.36. The third kappa shape index (κ3) is 3.59. The van der Waals surface area contributed by atoms with Gasteiger partial charge in [0.2, 0.25) is 5.91 Å². The lowest BCUT2D eigenvalue weighted by Gasteiger charge is -2.36. The van der Waals surface area contributed by atoms with Crippen molar-refractivity contribution in [3.05, 3.63) is 27.4 Å². The maximum absolute atomic E-state index is 12.9. The molecule has 4 heterocycles. The zero-order chi connectivity index (χ0) is 19.0. The van der Waals surface area contributed by atoms with Crippen LogP contribution in [0.4, 0.5) is 4.79 Å². The summed E-state index contributed by atoms with van der Waals surface area (Å²) in [5.41, 5.74) is 0.790. The smallest absolute Gasteiger partial charge is 0.319 e. The Morgan fingerprint density at radius 2 is 1.92 bits per heavy atom. The molecular formula is C18H27N5O3. The van der Waals surface area contributed by atoms with Crippen LogP contribution in [0, 0.1) is 19.8 Å². The Morgan fingerprint density at radius 3 is 2.58 bits per heavy atom. The van der Waals surface area contributed by atoms with Crippen LogP contribution in [0.2, 0.25) is 0 Å². The van der Waals surface area contributed by atoms with E-state index in [1.54, 1.807) is 32.8 Å². The van der Waals surface area contributed by atoms with Gasteiger partial charge in [-0.3, -0.25) is 9.59 Å². The Labute approximate surface area is 153 Å². The van der Waals surface area contributed by atoms with Crippen molar-refractivity contribution < 1.29 is 9.59 Å². The Hall–Kier alpha value is -2.38. The molecule has 3 saturated heterocycles. The number of rotatable bonds is 2. The van der Waals surface area contributed by atoms with Crippen LogP contribution in [0.15, 0.2) is 4.79 Å². The van der Waals surface area contributed by atoms with Crippen LogP contribution >= 0.6 is 0 Å². The van der Waals surface area contributed by atoms with Crippen molar-refractivity contribution >= 4 is 11.9 Å². The molecule has 3 amide bonds. The van der Waals surface area contributed by atoms with Crippen LogP contribution in [-0.2, 0) is 11.2 Å². The van der Waals surface area contributed by atoms with Gasteiger partial charge in [-0.2, -0.15) is 0 Å². The number of nitrogens with one attached hydrogen (secondary N) is 1. The molecule has 0 aromatic carbocycles. The molecule has 8 heteroatoms. The molecule has 26 heavy (non-hydrogen) atoms. The van der Waals surface area contributed by atoms with E-state index < -0.39 is 0 Å². The van der Waals surface area contributed by atoms with Crippen molar-refractivity contribution in [2.24, 2.45) is 5.92 Å². The van der Waals surface area contributed by atoms with E-state index in [1.807, 2.05) is 9.80 Å². The lowest BCUT2D eigenvalue weighted by atomic mass is 9.94. The maximum Gasteiger partial charge on any atom is 0.319 e. The SMILES string of the molecule is Cc1nc(C)c(CC(=O)N2C[C@@H]3CC[C@H]2CN(C(=O)N(C)C)C3)c(=O)[nH]1. The summed E-state index contributed by atoms with van der Waals surface area (Å²) in [6.45, 7) is 5.38. The van der Waals surface area contributed by atoms with E-state index in [0.29, 0.717) is 36.7 Å². The molecule has 1 aromatic heterocycles. The molecule has 4 rings (SSSR count). The predicted octanol–water partition coefficient (Wildman–Crippen LogP) is 0.534. The molecule has 3 aliphatic heterocycles. The first-order valence-corrected chi connectivity index (χ1v) is 9.08. The van der Waals surface area contributed by atoms with Crippen molar-refractivity contribution in [1.29, 1.82) is 0 Å². The van der Waals surface area contributed by atoms with E-state index in [4.69, 9.17) is 0 Å². The normalized spacial score (nSPS) is 22.3. The fourth-order valence-electron chi connectivity index (χ4n) is 4.04. The molecule has 142 valence electrons. The van der Waals surface area contributed by atoms with Crippen LogP contribution in [-0.4, -0.2) is 76.4 Å². The summed E-state index contributed by atoms with van der Waals surface area (Å²) in [4.78, 5) is 49.7. The number of aryl methyl sites for hydroxylation is 2. The maximum atomic E-state index is 12.9. The number of carbonyl (C=O) groups is 2. The largest absolute Gasteiger partial charge is 0.337 e. The highest BCUT2D eigenvalue weighted by atomic mass is 16.2. The lowest BCUT2D eigenvalue weighted by Crippen LogP contribution is -2.49. The Kier molecular flexibility index (Phi) is 5.02. The number of amides is 3. The molecule has 3 fully saturated rings. The molecule has 0 unspecified atom stereocenters. The van der Waals surface area contributed by atoms with E-state index in [2.05, 4.69) is 9.97 Å². The first kappa shape index (κ1) is 18.4. The van der Waals surface area contributed by atoms with Crippen LogP contribution in [0.25, 0.3) is 0 Å². The number of urea groups is 1. The zero-order valence-corrected chi connectivity index (χ0v) is 15.9. The molecule has 0 spiro atoms. The van der Waals surface area contributed by atoms with Gasteiger partial charge in [-0.1, -0.05) is 0 Å². The number of hydrogen-bond donors (Lipinski definition) is 1. The van der Waals surface area contributed by atoms with E-state index in [1.165, 1.54) is 0 Å². The van der Waals surface area contributed by atoms with E-state index in [0.717, 1.165) is 12.8 Å². The van der Waals surface area contributed by atoms with Gasteiger partial charge in [-0.05, 0) is 32.6 Å². The third-order valence-electron chi connectivity index (χ3n) is 5.36. The molecule has 0 radical (unpaired) electrons. The van der Waals surface area contributed by atoms with Gasteiger partial charge in [-0.25, -0.2) is 9.78 Å². The quantitative estimate of drug-likeness (QED) is 0.832. The van der Waals surface area contributed by atoms with E-state index in [9.17, 15) is 14.4 Å². The Bertz CT molecular complexity index is 773. The summed E-state index contributed by atoms with van der Waals surface area (Å²) in [6, 6.07) is 0.00849. The van der Waals surface area contributed by atoms with Gasteiger partial charge in [0.05, 0.1) is 6.42 Å². The summed E-state index contributed by atoms with van der Waals surface area (Å²) in [7, 11) is 3.50. The van der Waals surface area contributed by atoms with Gasteiger partial charge >= 0.3 is 6.03 Å². The molecule has 1 N–H and O–H groups in total. The molecule has 2 atom stereocenters. The number of hydrogen-bond acceptors (Lipinski definition) is 4. The average Bonchev–Trinajstić information content (AvgIpc) is 2.88. The minimum atomic E-state index is -0.243. The molecular weight excluding hydrogens is 334 g/mol. The van der Waals surface area contributed by atoms with Crippen LogP contribution < -0.4 is 5.56 Å². The monoisotopic (exact) mass is 361 g/mol. The highest BCUT2D eigenvalue weighted by Gasteiger charge is 2.39. The molecule has 8 nitrogen and oxygen atoms in total. The minimum Gasteiger partial charge on any atom is -0.337 e. The van der Waals surface area contributed by atoms with Crippen molar-refractivity contribution in [2.75, 3.05) is 33.7 Å². The second-order valence-corrected chi connectivity index (χ2v) is 7.62. The van der Waals surface area contributed by atoms with Crippen molar-refractivity contribution in [1.82, 2.24) is 24.7 Å². The summed E-state index contributed by atoms with van der Waals surface area (Å²) in [6.07, 6.45) is 1.98. The second kappa shape index (κ2) is 7.09. The Morgan fingerprint density at radius 1 is 1.19 bits per heavy atom. The van der Waals surface area contributed by atoms with Gasteiger partial charge in [0.1, 0.15) is 5.82 Å². The first-order chi connectivity index (χ1) is 12.3. The van der Waals surface area contributed by atoms with Crippen molar-refractivity contribution in [2.45, 2.75) is 39.2 Å². The van der Waals surface area contributed by atoms with Crippen LogP contribution in [0.3, 0.4) is 0 Å². The number of aromatic amines is 1. The van der Waals surface area contributed by atoms with Gasteiger partial charge in [0.15, 0.2) is 0 Å². The van der Waals surface area contributed by atoms with Gasteiger partial charge in [0, 0.05) is 51.0 Å². The van der Waals surface area contributed by atoms with E-state index in [-0.39, 0.29) is 35.9 Å². The number of nitrogens with zero attached hydrogens (tertiary/aromatic N) is 4. The van der Waals surface area contributed by atoms with Crippen LogP contribution in [0.1, 0.15) is 29.9 Å². The number of H-pyrrole nitrogens is 1. The molecule has 3 aliphatic rings. The highest BCUT2D eigenvalue weighted by molar-refractivity contribution is 5.80. The molecule has 2 bridgehead atoms. The topological polar surface area (TPSA) is 89.6 Å². The predicted molar refractivity (Wildman–Crippen MR) is 96.9 cm³/mol. The fraction of sp³-hybridized carbons (Fsp3) is 0.667. The van der Waals surface area contributed by atoms with Crippen LogP contribution in [0.5, 0.6) is 0 Å². The fourth-order valence-corrected chi connectivity index (χ4v) is 4.04. The van der Waals surface area contributed by atoms with E-state index >= 15 is 0 Å². The lowest BCUT2D eigenvalue weighted by molar-refractivity contribution is -0.134. The number of piperidine rings is 1. The summed E-state index contributed by atoms with van der Waals surface area (Å²) < 4.78 is 0. The standard InChI is InChI=1S/C18H27N5O3/c1-11-15(17(25)20-12(2)19-11)7-16(24)23-9-13-5-6-14(23)10-22(8-13)18(26)21(3)4/h13-14H,5-10H2,1-4H3,(H,19,20,25)/t13-,14+/m1/s1. The summed E-state index contributed by atoms with van der Waals surface area (Å²) in [5, 5.41) is 0. The number of fused-ring (bicyclic) bond motifs is 4. The van der Waals surface area contributed by atoms with Gasteiger partial charge in [0.25, 0.3) is 5.56 Å². The van der Waals surface area contributed by atoms with Gasteiger partial charge in [-0.15, -0.1) is 0 Å². The highest BCUT2D eigenvalue weighted by Crippen LogP contribution is 2.29. The average molecular weight is 361 g/mol. The second-order valence-electron chi connectivity index (χ2n) is 7.62. The number of carbonyl (C=O) groups excluding carboxylic acids is 2. The summed E-state index contributed by atoms with van der Waals surface area (Å²) in [5.74, 6) is 0.783. The minimum absolute atomic E-state index is 0.00813. The Balaban J connectivity index is 1.77. The van der Waals surface area contributed by atoms with Crippen molar-refractivity contribution in [3.63, 3.8) is 0 Å². The van der Waals surface area contributed by atoms with Crippen molar-refractivity contribution in [3.8, 4) is 0 Å². The number of aromatic nitrogens is 2. The zero-order valence-electron chi connectivity index (χ0n) is 15.9. The molecule has 1 aromatic rings. The first-order valence-electron chi connectivity index (χ1n) is 9.08.